The first-order valence-corrected chi connectivity index (χ1v) is 13.3. The first-order valence-electron chi connectivity index (χ1n) is 13.3. The minimum Gasteiger partial charge on any atom is -0.264 e. The van der Waals surface area contributed by atoms with Crippen LogP contribution in [-0.2, 0) is 0 Å². The second kappa shape index (κ2) is 8.39. The standard InChI is InChI=1S/C27H47NO2/c1-18(2)8-6-9-19(3)21-13-14-22-20-11-12-24-25(28(29)30)10-7-16-26(24,4)23(20)15-17-27(21,22)5/h18-25H,6-17H2,1-5H3/t19-,20+,21+,22-,23+,24+,25-,26-,27-/m1/s1. The summed E-state index contributed by atoms with van der Waals surface area (Å²) in [4.78, 5) is 11.9. The molecule has 0 aromatic rings. The van der Waals surface area contributed by atoms with Gasteiger partial charge in [-0.15, -0.1) is 0 Å². The SMILES string of the molecule is CC(C)CCC[C@@H](C)[C@@H]1CC[C@@H]2[C@@H]3CC[C@H]4[C@H]([N+](=O)[O-])CCC[C@]4(C)[C@H]3CC[C@@]21C. The van der Waals surface area contributed by atoms with Gasteiger partial charge in [0.05, 0.1) is 0 Å². The van der Waals surface area contributed by atoms with E-state index in [-0.39, 0.29) is 16.4 Å². The van der Waals surface area contributed by atoms with Crippen LogP contribution in [0.25, 0.3) is 0 Å². The largest absolute Gasteiger partial charge is 0.264 e. The molecule has 0 aromatic carbocycles. The van der Waals surface area contributed by atoms with Crippen molar-refractivity contribution in [1.29, 1.82) is 0 Å². The van der Waals surface area contributed by atoms with Gasteiger partial charge in [0.2, 0.25) is 6.04 Å². The molecule has 0 heterocycles. The van der Waals surface area contributed by atoms with E-state index in [9.17, 15) is 10.1 Å². The van der Waals surface area contributed by atoms with Crippen LogP contribution in [0.5, 0.6) is 0 Å². The molecular formula is C27H47NO2. The minimum absolute atomic E-state index is 0.0831. The molecule has 3 nitrogen and oxygen atoms in total. The van der Waals surface area contributed by atoms with Gasteiger partial charge in [0.15, 0.2) is 0 Å². The van der Waals surface area contributed by atoms with Crippen LogP contribution in [0.15, 0.2) is 0 Å². The zero-order valence-electron chi connectivity index (χ0n) is 20.4. The maximum Gasteiger partial charge on any atom is 0.216 e. The van der Waals surface area contributed by atoms with Crippen LogP contribution in [0.2, 0.25) is 0 Å². The van der Waals surface area contributed by atoms with E-state index in [1.54, 1.807) is 0 Å². The van der Waals surface area contributed by atoms with Crippen molar-refractivity contribution in [1.82, 2.24) is 0 Å². The van der Waals surface area contributed by atoms with Crippen molar-refractivity contribution in [3.63, 3.8) is 0 Å². The molecule has 0 saturated heterocycles. The maximum absolute atomic E-state index is 11.8. The van der Waals surface area contributed by atoms with Crippen molar-refractivity contribution in [3.8, 4) is 0 Å². The number of hydrogen-bond donors (Lipinski definition) is 0. The molecule has 0 aliphatic heterocycles. The lowest BCUT2D eigenvalue weighted by Crippen LogP contribution is -2.56. The molecule has 4 aliphatic rings. The average molecular weight is 418 g/mol. The van der Waals surface area contributed by atoms with Crippen molar-refractivity contribution >= 4 is 0 Å². The third-order valence-corrected chi connectivity index (χ3v) is 11.1. The normalized spacial score (nSPS) is 46.7. The van der Waals surface area contributed by atoms with E-state index in [4.69, 9.17) is 0 Å². The number of rotatable bonds is 6. The maximum atomic E-state index is 11.8. The minimum atomic E-state index is -0.268. The molecule has 3 heteroatoms. The molecule has 172 valence electrons. The number of fused-ring (bicyclic) bond motifs is 5. The number of nitrogens with zero attached hydrogens (tertiary/aromatic N) is 1. The molecule has 0 N–H and O–H groups in total. The van der Waals surface area contributed by atoms with Crippen molar-refractivity contribution in [2.24, 2.45) is 52.3 Å². The molecule has 0 radical (unpaired) electrons. The predicted octanol–water partition coefficient (Wildman–Crippen LogP) is 7.75. The monoisotopic (exact) mass is 417 g/mol. The zero-order chi connectivity index (χ0) is 21.7. The van der Waals surface area contributed by atoms with E-state index >= 15 is 0 Å². The molecule has 30 heavy (non-hydrogen) atoms. The molecule has 0 spiro atoms. The lowest BCUT2D eigenvalue weighted by Gasteiger charge is -2.60. The van der Waals surface area contributed by atoms with E-state index < -0.39 is 0 Å². The van der Waals surface area contributed by atoms with E-state index in [2.05, 4.69) is 34.6 Å². The number of hydrogen-bond acceptors (Lipinski definition) is 2. The van der Waals surface area contributed by atoms with Gasteiger partial charge in [0.1, 0.15) is 0 Å². The summed E-state index contributed by atoms with van der Waals surface area (Å²) >= 11 is 0. The summed E-state index contributed by atoms with van der Waals surface area (Å²) in [5.74, 6) is 5.38. The summed E-state index contributed by atoms with van der Waals surface area (Å²) in [5, 5.41) is 11.8. The molecule has 4 aliphatic carbocycles. The third kappa shape index (κ3) is 3.64. The zero-order valence-corrected chi connectivity index (χ0v) is 20.4. The fourth-order valence-corrected chi connectivity index (χ4v) is 9.66. The average Bonchev–Trinajstić information content (AvgIpc) is 3.03. The Morgan fingerprint density at radius 1 is 0.867 bits per heavy atom. The molecule has 0 amide bonds. The van der Waals surface area contributed by atoms with Crippen molar-refractivity contribution < 1.29 is 4.92 Å². The fraction of sp³-hybridized carbons (Fsp3) is 1.00. The Labute approximate surface area is 185 Å². The van der Waals surface area contributed by atoms with Gasteiger partial charge in [0, 0.05) is 17.3 Å². The van der Waals surface area contributed by atoms with Crippen LogP contribution in [-0.4, -0.2) is 11.0 Å². The van der Waals surface area contributed by atoms with Crippen LogP contribution in [0.4, 0.5) is 0 Å². The van der Waals surface area contributed by atoms with Gasteiger partial charge >= 0.3 is 0 Å². The smallest absolute Gasteiger partial charge is 0.216 e. The fourth-order valence-electron chi connectivity index (χ4n) is 9.66. The first kappa shape index (κ1) is 22.6. The second-order valence-corrected chi connectivity index (χ2v) is 12.8. The molecule has 4 fully saturated rings. The molecule has 0 unspecified atom stereocenters. The Balaban J connectivity index is 1.49. The Morgan fingerprint density at radius 2 is 1.57 bits per heavy atom. The van der Waals surface area contributed by atoms with Crippen LogP contribution in [0, 0.1) is 62.4 Å². The second-order valence-electron chi connectivity index (χ2n) is 12.8. The van der Waals surface area contributed by atoms with Gasteiger partial charge < -0.3 is 0 Å². The van der Waals surface area contributed by atoms with Gasteiger partial charge in [-0.2, -0.15) is 0 Å². The predicted molar refractivity (Wildman–Crippen MR) is 124 cm³/mol. The van der Waals surface area contributed by atoms with Gasteiger partial charge in [-0.1, -0.05) is 53.9 Å². The van der Waals surface area contributed by atoms with Crippen LogP contribution < -0.4 is 0 Å². The first-order chi connectivity index (χ1) is 14.2. The lowest BCUT2D eigenvalue weighted by atomic mass is 9.44. The van der Waals surface area contributed by atoms with E-state index in [0.29, 0.717) is 11.3 Å². The van der Waals surface area contributed by atoms with Crippen LogP contribution in [0.3, 0.4) is 0 Å². The Hall–Kier alpha value is -0.600. The summed E-state index contributed by atoms with van der Waals surface area (Å²) in [6.07, 6.45) is 15.3. The highest BCUT2D eigenvalue weighted by Crippen LogP contribution is 2.68. The summed E-state index contributed by atoms with van der Waals surface area (Å²) in [7, 11) is 0. The highest BCUT2D eigenvalue weighted by Gasteiger charge is 2.62. The van der Waals surface area contributed by atoms with Crippen molar-refractivity contribution in [3.05, 3.63) is 10.1 Å². The Kier molecular flexibility index (Phi) is 6.32. The van der Waals surface area contributed by atoms with Crippen LogP contribution >= 0.6 is 0 Å². The van der Waals surface area contributed by atoms with E-state index in [1.807, 2.05) is 0 Å². The quantitative estimate of drug-likeness (QED) is 0.327. The highest BCUT2D eigenvalue weighted by atomic mass is 16.6. The molecule has 0 bridgehead atoms. The summed E-state index contributed by atoms with van der Waals surface area (Å²) in [6, 6.07) is -0.268. The highest BCUT2D eigenvalue weighted by molar-refractivity contribution is 5.10. The van der Waals surface area contributed by atoms with Crippen molar-refractivity contribution in [2.75, 3.05) is 0 Å². The topological polar surface area (TPSA) is 43.1 Å². The van der Waals surface area contributed by atoms with E-state index in [0.717, 1.165) is 54.8 Å². The molecule has 0 aromatic heterocycles. The van der Waals surface area contributed by atoms with Gasteiger partial charge in [-0.25, -0.2) is 0 Å². The van der Waals surface area contributed by atoms with Crippen LogP contribution in [0.1, 0.15) is 112 Å². The summed E-state index contributed by atoms with van der Waals surface area (Å²) in [6.45, 7) is 12.4. The molecule has 4 rings (SSSR count). The van der Waals surface area contributed by atoms with Gasteiger partial charge in [-0.3, -0.25) is 10.1 Å². The molecule has 9 atom stereocenters. The summed E-state index contributed by atoms with van der Waals surface area (Å²) < 4.78 is 0. The Bertz CT molecular complexity index is 632. The Morgan fingerprint density at radius 3 is 2.27 bits per heavy atom. The van der Waals surface area contributed by atoms with Gasteiger partial charge in [0.25, 0.3) is 0 Å². The summed E-state index contributed by atoms with van der Waals surface area (Å²) in [5.41, 5.74) is 0.750. The number of nitro groups is 1. The molecular weight excluding hydrogens is 370 g/mol. The van der Waals surface area contributed by atoms with Crippen molar-refractivity contribution in [2.45, 2.75) is 118 Å². The lowest BCUT2D eigenvalue weighted by molar-refractivity contribution is -0.543. The van der Waals surface area contributed by atoms with Gasteiger partial charge in [-0.05, 0) is 97.7 Å². The van der Waals surface area contributed by atoms with E-state index in [1.165, 1.54) is 57.8 Å². The molecule has 4 saturated carbocycles. The third-order valence-electron chi connectivity index (χ3n) is 11.1.